The number of esters is 2. The summed E-state index contributed by atoms with van der Waals surface area (Å²) in [5.74, 6) is -14.3. The molecular weight excluding hydrogens is 819 g/mol. The topological polar surface area (TPSA) is 136 Å². The van der Waals surface area contributed by atoms with E-state index in [-0.39, 0.29) is 39.0 Å². The molecule has 0 radical (unpaired) electrons. The van der Waals surface area contributed by atoms with Gasteiger partial charge in [-0.1, -0.05) is 84.0 Å². The molecule has 1 aromatic carbocycles. The van der Waals surface area contributed by atoms with Crippen molar-refractivity contribution in [1.82, 2.24) is 0 Å². The molecule has 0 saturated carbocycles. The summed E-state index contributed by atoms with van der Waals surface area (Å²) < 4.78 is 125. The van der Waals surface area contributed by atoms with Crippen LogP contribution in [0.2, 0.25) is 0 Å². The second-order valence-corrected chi connectivity index (χ2v) is 13.8. The Labute approximate surface area is 358 Å². The molecule has 18 heteroatoms. The molecule has 0 spiro atoms. The van der Waals surface area contributed by atoms with E-state index in [4.69, 9.17) is 47.4 Å². The fourth-order valence-corrected chi connectivity index (χ4v) is 5.43. The van der Waals surface area contributed by atoms with E-state index in [1.807, 2.05) is 0 Å². The average molecular weight is 891 g/mol. The van der Waals surface area contributed by atoms with Gasteiger partial charge in [0.25, 0.3) is 0 Å². The number of hydrogen-bond acceptors (Lipinski definition) is 13. The molecule has 0 heterocycles. The standard InChI is InChI=1S/C43H71F5O13/c1-2-3-4-5-6-7-8-9-10-11-12-13-14-15-36(49)60-35-34-59-33-32-58-31-30-57-29-28-56-27-26-55-25-24-54-23-22-53-21-20-52-19-18-51-17-16-37(50)61-43-41(47)39(45)38(44)40(46)42(43)48/h2-35H2,1H3. The smallest absolute Gasteiger partial charge is 0.313 e. The highest BCUT2D eigenvalue weighted by Crippen LogP contribution is 2.29. The molecule has 0 aromatic heterocycles. The van der Waals surface area contributed by atoms with Crippen LogP contribution in [0, 0.1) is 29.1 Å². The summed E-state index contributed by atoms with van der Waals surface area (Å²) >= 11 is 0. The third-order valence-electron chi connectivity index (χ3n) is 8.79. The Morgan fingerprint density at radius 3 is 0.951 bits per heavy atom. The molecule has 0 aliphatic rings. The van der Waals surface area contributed by atoms with Crippen LogP contribution in [0.1, 0.15) is 103 Å². The van der Waals surface area contributed by atoms with Crippen molar-refractivity contribution in [3.63, 3.8) is 0 Å². The molecule has 0 atom stereocenters. The van der Waals surface area contributed by atoms with E-state index < -0.39 is 47.2 Å². The van der Waals surface area contributed by atoms with Gasteiger partial charge < -0.3 is 52.1 Å². The predicted octanol–water partition coefficient (Wildman–Crippen LogP) is 7.85. The van der Waals surface area contributed by atoms with Crippen molar-refractivity contribution in [3.8, 4) is 5.75 Å². The van der Waals surface area contributed by atoms with Gasteiger partial charge in [0.1, 0.15) is 6.61 Å². The zero-order valence-electron chi connectivity index (χ0n) is 36.2. The summed E-state index contributed by atoms with van der Waals surface area (Å²) in [6, 6.07) is 0. The quantitative estimate of drug-likeness (QED) is 0.0157. The van der Waals surface area contributed by atoms with Gasteiger partial charge in [0, 0.05) is 6.42 Å². The fourth-order valence-electron chi connectivity index (χ4n) is 5.43. The van der Waals surface area contributed by atoms with Crippen molar-refractivity contribution >= 4 is 11.9 Å². The highest BCUT2D eigenvalue weighted by molar-refractivity contribution is 5.72. The first-order valence-corrected chi connectivity index (χ1v) is 21.9. The lowest BCUT2D eigenvalue weighted by Crippen LogP contribution is -2.16. The molecule has 1 aromatic rings. The van der Waals surface area contributed by atoms with Crippen molar-refractivity contribution in [2.75, 3.05) is 126 Å². The Kier molecular flexibility index (Phi) is 38.4. The lowest BCUT2D eigenvalue weighted by Gasteiger charge is -2.09. The lowest BCUT2D eigenvalue weighted by molar-refractivity contribution is -0.145. The van der Waals surface area contributed by atoms with Gasteiger partial charge in [-0.3, -0.25) is 9.59 Å². The molecular formula is C43H71F5O13. The van der Waals surface area contributed by atoms with E-state index >= 15 is 0 Å². The van der Waals surface area contributed by atoms with E-state index in [1.165, 1.54) is 70.6 Å². The Morgan fingerprint density at radius 2 is 0.607 bits per heavy atom. The zero-order valence-corrected chi connectivity index (χ0v) is 36.2. The van der Waals surface area contributed by atoms with E-state index in [9.17, 15) is 31.5 Å². The number of ether oxygens (including phenoxy) is 11. The summed E-state index contributed by atoms with van der Waals surface area (Å²) in [7, 11) is 0. The molecule has 0 N–H and O–H groups in total. The molecule has 0 bridgehead atoms. The van der Waals surface area contributed by atoms with E-state index in [0.717, 1.165) is 12.8 Å². The SMILES string of the molecule is CCCCCCCCCCCCCCCC(=O)OCCOCCOCCOCCOCCOCCOCCOCCOCCOCCC(=O)Oc1c(F)c(F)c(F)c(F)c1F. The molecule has 61 heavy (non-hydrogen) atoms. The van der Waals surface area contributed by atoms with Gasteiger partial charge in [0.15, 0.2) is 0 Å². The van der Waals surface area contributed by atoms with Crippen LogP contribution in [-0.4, -0.2) is 137 Å². The van der Waals surface area contributed by atoms with Crippen LogP contribution in [0.5, 0.6) is 5.75 Å². The normalized spacial score (nSPS) is 11.4. The van der Waals surface area contributed by atoms with Crippen molar-refractivity contribution in [1.29, 1.82) is 0 Å². The van der Waals surface area contributed by atoms with Gasteiger partial charge in [-0.25, -0.2) is 13.2 Å². The summed E-state index contributed by atoms with van der Waals surface area (Å²) in [5.41, 5.74) is 0. The summed E-state index contributed by atoms with van der Waals surface area (Å²) in [4.78, 5) is 23.5. The number of hydrogen-bond donors (Lipinski definition) is 0. The summed E-state index contributed by atoms with van der Waals surface area (Å²) in [6.07, 6.45) is 16.6. The number of unbranched alkanes of at least 4 members (excludes halogenated alkanes) is 12. The average Bonchev–Trinajstić information content (AvgIpc) is 3.26. The number of benzene rings is 1. The maximum absolute atomic E-state index is 13.6. The molecule has 1 rings (SSSR count). The second-order valence-electron chi connectivity index (χ2n) is 13.8. The second kappa shape index (κ2) is 41.5. The van der Waals surface area contributed by atoms with Gasteiger partial charge in [0.05, 0.1) is 125 Å². The minimum absolute atomic E-state index is 0.0772. The number of carbonyl (C=O) groups excluding carboxylic acids is 2. The van der Waals surface area contributed by atoms with Crippen molar-refractivity contribution in [2.24, 2.45) is 0 Å². The first kappa shape index (κ1) is 56.5. The van der Waals surface area contributed by atoms with Crippen LogP contribution in [0.15, 0.2) is 0 Å². The van der Waals surface area contributed by atoms with Crippen molar-refractivity contribution in [3.05, 3.63) is 29.1 Å². The van der Waals surface area contributed by atoms with Gasteiger partial charge in [-0.05, 0) is 6.42 Å². The minimum atomic E-state index is -2.35. The first-order valence-electron chi connectivity index (χ1n) is 21.9. The maximum atomic E-state index is 13.6. The monoisotopic (exact) mass is 890 g/mol. The third kappa shape index (κ3) is 32.7. The van der Waals surface area contributed by atoms with Gasteiger partial charge >= 0.3 is 11.9 Å². The summed E-state index contributed by atoms with van der Waals surface area (Å²) in [6.45, 7) is 8.43. The molecule has 0 aliphatic carbocycles. The Hall–Kier alpha value is -2.55. The molecule has 0 amide bonds. The number of carbonyl (C=O) groups is 2. The lowest BCUT2D eigenvalue weighted by atomic mass is 10.0. The van der Waals surface area contributed by atoms with Gasteiger partial charge in [-0.15, -0.1) is 0 Å². The van der Waals surface area contributed by atoms with Gasteiger partial charge in [-0.2, -0.15) is 8.78 Å². The molecule has 0 saturated heterocycles. The number of halogens is 5. The highest BCUT2D eigenvalue weighted by atomic mass is 19.2. The Morgan fingerprint density at radius 1 is 0.328 bits per heavy atom. The van der Waals surface area contributed by atoms with Crippen LogP contribution in [0.4, 0.5) is 22.0 Å². The Balaban J connectivity index is 1.71. The van der Waals surface area contributed by atoms with Crippen LogP contribution in [-0.2, 0) is 57.0 Å². The van der Waals surface area contributed by atoms with E-state index in [0.29, 0.717) is 98.9 Å². The Bertz CT molecular complexity index is 1190. The predicted molar refractivity (Wildman–Crippen MR) is 215 cm³/mol. The van der Waals surface area contributed by atoms with Crippen LogP contribution in [0.3, 0.4) is 0 Å². The molecule has 356 valence electrons. The van der Waals surface area contributed by atoms with Gasteiger partial charge in [0.2, 0.25) is 34.8 Å². The van der Waals surface area contributed by atoms with Crippen molar-refractivity contribution < 1.29 is 83.6 Å². The molecule has 0 unspecified atom stereocenters. The first-order chi connectivity index (χ1) is 29.8. The maximum Gasteiger partial charge on any atom is 0.313 e. The minimum Gasteiger partial charge on any atom is -0.463 e. The molecule has 0 fully saturated rings. The number of rotatable bonds is 45. The zero-order chi connectivity index (χ0) is 44.4. The van der Waals surface area contributed by atoms with Crippen LogP contribution >= 0.6 is 0 Å². The highest BCUT2D eigenvalue weighted by Gasteiger charge is 2.28. The van der Waals surface area contributed by atoms with Crippen molar-refractivity contribution in [2.45, 2.75) is 103 Å². The third-order valence-corrected chi connectivity index (χ3v) is 8.79. The molecule has 13 nitrogen and oxygen atoms in total. The van der Waals surface area contributed by atoms with E-state index in [2.05, 4.69) is 11.7 Å². The van der Waals surface area contributed by atoms with Crippen LogP contribution in [0.25, 0.3) is 0 Å². The largest absolute Gasteiger partial charge is 0.463 e. The fraction of sp³-hybridized carbons (Fsp3) is 0.814. The summed E-state index contributed by atoms with van der Waals surface area (Å²) in [5, 5.41) is 0. The van der Waals surface area contributed by atoms with E-state index in [1.54, 1.807) is 0 Å². The molecule has 0 aliphatic heterocycles. The van der Waals surface area contributed by atoms with Crippen LogP contribution < -0.4 is 4.74 Å².